The van der Waals surface area contributed by atoms with Crippen molar-refractivity contribution in [1.29, 1.82) is 0 Å². The van der Waals surface area contributed by atoms with Gasteiger partial charge in [-0.1, -0.05) is 24.7 Å². The van der Waals surface area contributed by atoms with Crippen LogP contribution < -0.4 is 10.9 Å². The minimum Gasteiger partial charge on any atom is -0.481 e. The molecule has 0 radical (unpaired) electrons. The SMILES string of the molecule is CCCc1cc(=O)n2nc(NCCCC(=O)O)sc2n1. The second-order valence-electron chi connectivity index (χ2n) is 4.36. The number of fused-ring (bicyclic) bond motifs is 1. The van der Waals surface area contributed by atoms with E-state index in [2.05, 4.69) is 15.4 Å². The van der Waals surface area contributed by atoms with Gasteiger partial charge in [-0.05, 0) is 12.8 Å². The first-order valence-corrected chi connectivity index (χ1v) is 7.27. The van der Waals surface area contributed by atoms with Gasteiger partial charge in [0.15, 0.2) is 0 Å². The minimum atomic E-state index is -0.821. The van der Waals surface area contributed by atoms with E-state index in [1.54, 1.807) is 0 Å². The summed E-state index contributed by atoms with van der Waals surface area (Å²) >= 11 is 1.29. The summed E-state index contributed by atoms with van der Waals surface area (Å²) in [7, 11) is 0. The van der Waals surface area contributed by atoms with E-state index in [-0.39, 0.29) is 12.0 Å². The number of carbonyl (C=O) groups is 1. The van der Waals surface area contributed by atoms with Crippen LogP contribution >= 0.6 is 11.3 Å². The van der Waals surface area contributed by atoms with Crippen LogP contribution in [0.1, 0.15) is 31.9 Å². The van der Waals surface area contributed by atoms with Crippen LogP contribution in [-0.2, 0) is 11.2 Å². The van der Waals surface area contributed by atoms with Gasteiger partial charge in [-0.25, -0.2) is 4.98 Å². The minimum absolute atomic E-state index is 0.108. The Balaban J connectivity index is 2.10. The highest BCUT2D eigenvalue weighted by atomic mass is 32.1. The standard InChI is InChI=1S/C12H16N4O3S/c1-2-4-8-7-9(17)16-12(14-8)20-11(15-16)13-6-3-5-10(18)19/h7H,2-6H2,1H3,(H,13,15)(H,18,19). The third kappa shape index (κ3) is 3.53. The molecule has 0 aromatic carbocycles. The zero-order chi connectivity index (χ0) is 14.5. The van der Waals surface area contributed by atoms with Crippen LogP contribution in [0.4, 0.5) is 5.13 Å². The van der Waals surface area contributed by atoms with E-state index in [1.165, 1.54) is 21.9 Å². The van der Waals surface area contributed by atoms with Crippen LogP contribution in [0.5, 0.6) is 0 Å². The molecule has 0 unspecified atom stereocenters. The predicted octanol–water partition coefficient (Wildman–Crippen LogP) is 1.38. The van der Waals surface area contributed by atoms with Gasteiger partial charge in [-0.15, -0.1) is 5.10 Å². The molecule has 0 spiro atoms. The molecule has 2 heterocycles. The highest BCUT2D eigenvalue weighted by molar-refractivity contribution is 7.20. The first-order valence-electron chi connectivity index (χ1n) is 6.45. The fraction of sp³-hybridized carbons (Fsp3) is 0.500. The largest absolute Gasteiger partial charge is 0.481 e. The number of nitrogens with one attached hydrogen (secondary N) is 1. The van der Waals surface area contributed by atoms with Crippen molar-refractivity contribution < 1.29 is 9.90 Å². The first kappa shape index (κ1) is 14.4. The Bertz CT molecular complexity index is 664. The average molecular weight is 296 g/mol. The van der Waals surface area contributed by atoms with E-state index in [0.29, 0.717) is 23.1 Å². The van der Waals surface area contributed by atoms with Crippen molar-refractivity contribution in [3.8, 4) is 0 Å². The van der Waals surface area contributed by atoms with Crippen molar-refractivity contribution in [2.75, 3.05) is 11.9 Å². The molecule has 7 nitrogen and oxygen atoms in total. The molecule has 2 N–H and O–H groups in total. The van der Waals surface area contributed by atoms with Gasteiger partial charge in [0.1, 0.15) is 0 Å². The van der Waals surface area contributed by atoms with Crippen LogP contribution in [0.15, 0.2) is 10.9 Å². The molecular weight excluding hydrogens is 280 g/mol. The van der Waals surface area contributed by atoms with Gasteiger partial charge < -0.3 is 10.4 Å². The number of rotatable bonds is 7. The van der Waals surface area contributed by atoms with Gasteiger partial charge in [-0.2, -0.15) is 4.52 Å². The number of carboxylic acids is 1. The van der Waals surface area contributed by atoms with E-state index in [0.717, 1.165) is 18.5 Å². The van der Waals surface area contributed by atoms with Crippen molar-refractivity contribution in [3.63, 3.8) is 0 Å². The van der Waals surface area contributed by atoms with Gasteiger partial charge in [0, 0.05) is 24.7 Å². The van der Waals surface area contributed by atoms with Gasteiger partial charge in [0.25, 0.3) is 5.56 Å². The van der Waals surface area contributed by atoms with Crippen molar-refractivity contribution in [2.24, 2.45) is 0 Å². The number of nitrogens with zero attached hydrogens (tertiary/aromatic N) is 3. The maximum Gasteiger partial charge on any atom is 0.303 e. The van der Waals surface area contributed by atoms with E-state index in [9.17, 15) is 9.59 Å². The fourth-order valence-electron chi connectivity index (χ4n) is 1.75. The smallest absolute Gasteiger partial charge is 0.303 e. The lowest BCUT2D eigenvalue weighted by Gasteiger charge is -1.98. The number of hydrogen-bond donors (Lipinski definition) is 2. The molecule has 2 rings (SSSR count). The summed E-state index contributed by atoms with van der Waals surface area (Å²) in [6.07, 6.45) is 2.32. The summed E-state index contributed by atoms with van der Waals surface area (Å²) < 4.78 is 1.27. The molecule has 0 bridgehead atoms. The topological polar surface area (TPSA) is 96.6 Å². The van der Waals surface area contributed by atoms with Crippen LogP contribution in [0.3, 0.4) is 0 Å². The van der Waals surface area contributed by atoms with Gasteiger partial charge >= 0.3 is 5.97 Å². The Morgan fingerprint density at radius 3 is 3.05 bits per heavy atom. The zero-order valence-corrected chi connectivity index (χ0v) is 11.9. The van der Waals surface area contributed by atoms with E-state index in [4.69, 9.17) is 5.11 Å². The lowest BCUT2D eigenvalue weighted by molar-refractivity contribution is -0.137. The Kier molecular flexibility index (Phi) is 4.67. The number of aromatic nitrogens is 3. The third-order valence-electron chi connectivity index (χ3n) is 2.65. The maximum absolute atomic E-state index is 11.9. The Labute approximate surface area is 119 Å². The molecule has 108 valence electrons. The van der Waals surface area contributed by atoms with Crippen molar-refractivity contribution in [3.05, 3.63) is 22.1 Å². The summed E-state index contributed by atoms with van der Waals surface area (Å²) in [4.78, 5) is 27.2. The molecule has 0 saturated carbocycles. The van der Waals surface area contributed by atoms with Gasteiger partial charge in [0.2, 0.25) is 10.1 Å². The average Bonchev–Trinajstić information content (AvgIpc) is 2.78. The van der Waals surface area contributed by atoms with E-state index in [1.807, 2.05) is 6.92 Å². The number of aliphatic carboxylic acids is 1. The molecule has 2 aromatic rings. The lowest BCUT2D eigenvalue weighted by atomic mass is 10.2. The Morgan fingerprint density at radius 1 is 1.55 bits per heavy atom. The molecule has 0 aliphatic heterocycles. The highest BCUT2D eigenvalue weighted by Gasteiger charge is 2.08. The van der Waals surface area contributed by atoms with E-state index < -0.39 is 5.97 Å². The quantitative estimate of drug-likeness (QED) is 0.749. The summed E-state index contributed by atoms with van der Waals surface area (Å²) in [6, 6.07) is 1.50. The predicted molar refractivity (Wildman–Crippen MR) is 76.5 cm³/mol. The Hall–Kier alpha value is -1.96. The summed E-state index contributed by atoms with van der Waals surface area (Å²) in [5, 5.41) is 16.3. The molecule has 0 fully saturated rings. The molecule has 0 atom stereocenters. The first-order chi connectivity index (χ1) is 9.60. The zero-order valence-electron chi connectivity index (χ0n) is 11.1. The van der Waals surface area contributed by atoms with E-state index >= 15 is 0 Å². The van der Waals surface area contributed by atoms with Crippen LogP contribution in [0.2, 0.25) is 0 Å². The lowest BCUT2D eigenvalue weighted by Crippen LogP contribution is -2.15. The number of anilines is 1. The van der Waals surface area contributed by atoms with Crippen molar-refractivity contribution >= 4 is 27.4 Å². The van der Waals surface area contributed by atoms with Crippen molar-refractivity contribution in [2.45, 2.75) is 32.6 Å². The van der Waals surface area contributed by atoms with Crippen LogP contribution in [-0.4, -0.2) is 32.2 Å². The molecule has 0 aliphatic rings. The second-order valence-corrected chi connectivity index (χ2v) is 5.32. The molecule has 8 heteroatoms. The molecular formula is C12H16N4O3S. The summed E-state index contributed by atoms with van der Waals surface area (Å²) in [6.45, 7) is 2.54. The van der Waals surface area contributed by atoms with Gasteiger partial charge in [-0.3, -0.25) is 9.59 Å². The molecule has 2 aromatic heterocycles. The third-order valence-corrected chi connectivity index (χ3v) is 3.51. The second kappa shape index (κ2) is 6.47. The fourth-order valence-corrected chi connectivity index (χ4v) is 2.60. The normalized spacial score (nSPS) is 10.8. The monoisotopic (exact) mass is 296 g/mol. The van der Waals surface area contributed by atoms with Gasteiger partial charge in [0.05, 0.1) is 0 Å². The van der Waals surface area contributed by atoms with Crippen molar-refractivity contribution in [1.82, 2.24) is 14.6 Å². The Morgan fingerprint density at radius 2 is 2.35 bits per heavy atom. The molecule has 20 heavy (non-hydrogen) atoms. The summed E-state index contributed by atoms with van der Waals surface area (Å²) in [5.74, 6) is -0.821. The molecule has 0 aliphatic carbocycles. The van der Waals surface area contributed by atoms with Crippen LogP contribution in [0.25, 0.3) is 4.96 Å². The number of hydrogen-bond acceptors (Lipinski definition) is 6. The number of aryl methyl sites for hydroxylation is 1. The number of carboxylic acid groups (broad SMARTS) is 1. The molecule has 0 amide bonds. The summed E-state index contributed by atoms with van der Waals surface area (Å²) in [5.41, 5.74) is 0.590. The highest BCUT2D eigenvalue weighted by Crippen LogP contribution is 2.16. The maximum atomic E-state index is 11.9. The van der Waals surface area contributed by atoms with Crippen LogP contribution in [0, 0.1) is 0 Å². The molecule has 0 saturated heterocycles.